The number of rotatable bonds is 3. The maximum absolute atomic E-state index is 14.4. The third-order valence-corrected chi connectivity index (χ3v) is 15.8. The smallest absolute Gasteiger partial charge is 0.308 e. The van der Waals surface area contributed by atoms with Crippen molar-refractivity contribution in [3.63, 3.8) is 0 Å². The summed E-state index contributed by atoms with van der Waals surface area (Å²) in [7, 11) is 0. The number of hydrogen-bond acceptors (Lipinski definition) is 4. The Labute approximate surface area is 385 Å². The van der Waals surface area contributed by atoms with Gasteiger partial charge in [0.05, 0.1) is 55.7 Å². The Kier molecular flexibility index (Phi) is 7.68. The molecule has 0 spiro atoms. The van der Waals surface area contributed by atoms with E-state index in [9.17, 15) is 23.7 Å². The summed E-state index contributed by atoms with van der Waals surface area (Å²) < 4.78 is 53.9. The molecule has 0 radical (unpaired) electrons. The first kappa shape index (κ1) is 37.9. The maximum atomic E-state index is 14.4. The Morgan fingerprint density at radius 3 is 1.22 bits per heavy atom. The van der Waals surface area contributed by atoms with Crippen molar-refractivity contribution in [1.29, 1.82) is 10.5 Å². The normalized spacial score (nSPS) is 12.4. The molecule has 0 fully saturated rings. The molecule has 0 amide bonds. The highest BCUT2D eigenvalue weighted by molar-refractivity contribution is 7.26. The molecule has 67 heavy (non-hydrogen) atoms. The molecule has 9 aromatic carbocycles. The largest absolute Gasteiger partial charge is 0.416 e. The van der Waals surface area contributed by atoms with Crippen molar-refractivity contribution in [2.75, 3.05) is 0 Å². The Morgan fingerprint density at radius 1 is 0.358 bits per heavy atom. The van der Waals surface area contributed by atoms with E-state index in [1.165, 1.54) is 32.3 Å². The molecule has 0 bridgehead atoms. The van der Waals surface area contributed by atoms with Gasteiger partial charge in [-0.25, -0.2) is 0 Å². The van der Waals surface area contributed by atoms with Gasteiger partial charge in [0.1, 0.15) is 23.3 Å². The van der Waals surface area contributed by atoms with Crippen LogP contribution in [0.15, 0.2) is 170 Å². The van der Waals surface area contributed by atoms with Gasteiger partial charge in [0, 0.05) is 72.7 Å². The van der Waals surface area contributed by atoms with E-state index in [0.29, 0.717) is 33.2 Å². The summed E-state index contributed by atoms with van der Waals surface area (Å²) in [5.41, 5.74) is 5.46. The molecule has 14 aromatic rings. The zero-order chi connectivity index (χ0) is 44.9. The van der Waals surface area contributed by atoms with Crippen molar-refractivity contribution in [1.82, 2.24) is 13.7 Å². The molecule has 0 aliphatic carbocycles. The van der Waals surface area contributed by atoms with Crippen LogP contribution in [-0.2, 0) is 6.18 Å². The summed E-state index contributed by atoms with van der Waals surface area (Å²) in [5, 5.41) is 33.0. The van der Waals surface area contributed by atoms with E-state index in [2.05, 4.69) is 106 Å². The van der Waals surface area contributed by atoms with Crippen LogP contribution >= 0.6 is 22.7 Å². The third kappa shape index (κ3) is 5.17. The molecule has 0 atom stereocenters. The summed E-state index contributed by atoms with van der Waals surface area (Å²) in [6, 6.07) is 60.1. The molecule has 5 heterocycles. The lowest BCUT2D eigenvalue weighted by molar-refractivity contribution is -0.137. The number of thiophene rings is 2. The van der Waals surface area contributed by atoms with Crippen LogP contribution in [0.25, 0.3) is 123 Å². The minimum atomic E-state index is -4.59. The summed E-state index contributed by atoms with van der Waals surface area (Å²) in [5.74, 6) is 0. The fourth-order valence-corrected chi connectivity index (χ4v) is 13.0. The van der Waals surface area contributed by atoms with Gasteiger partial charge in [-0.15, -0.1) is 22.7 Å². The highest BCUT2D eigenvalue weighted by Gasteiger charge is 2.33. The van der Waals surface area contributed by atoms with Gasteiger partial charge < -0.3 is 13.7 Å². The average molecular weight is 904 g/mol. The molecule has 0 N–H and O–H groups in total. The third-order valence-electron chi connectivity index (χ3n) is 13.5. The molecule has 314 valence electrons. The molecule has 5 nitrogen and oxygen atoms in total. The number of nitriles is 2. The number of benzene rings is 9. The van der Waals surface area contributed by atoms with E-state index < -0.39 is 11.7 Å². The highest BCUT2D eigenvalue weighted by atomic mass is 32.1. The molecule has 0 unspecified atom stereocenters. The van der Waals surface area contributed by atoms with Crippen molar-refractivity contribution in [2.24, 2.45) is 0 Å². The fourth-order valence-electron chi connectivity index (χ4n) is 10.7. The monoisotopic (exact) mass is 903 g/mol. The van der Waals surface area contributed by atoms with Crippen molar-refractivity contribution in [3.8, 4) is 29.2 Å². The lowest BCUT2D eigenvalue weighted by atomic mass is 10.0. The topological polar surface area (TPSA) is 62.4 Å². The van der Waals surface area contributed by atoms with E-state index in [1.54, 1.807) is 34.8 Å². The van der Waals surface area contributed by atoms with Gasteiger partial charge in [-0.05, 0) is 78.9 Å². The summed E-state index contributed by atoms with van der Waals surface area (Å²) in [6.45, 7) is 0. The van der Waals surface area contributed by atoms with Crippen LogP contribution in [0, 0.1) is 22.7 Å². The highest BCUT2D eigenvalue weighted by Crippen LogP contribution is 2.47. The summed E-state index contributed by atoms with van der Waals surface area (Å²) in [6.07, 6.45) is -4.59. The Bertz CT molecular complexity index is 4380. The fraction of sp³-hybridized carbons (Fsp3) is 0.0175. The first-order valence-corrected chi connectivity index (χ1v) is 23.2. The first-order chi connectivity index (χ1) is 32.8. The van der Waals surface area contributed by atoms with Gasteiger partial charge in [-0.3, -0.25) is 0 Å². The Hall–Kier alpha value is -8.41. The van der Waals surface area contributed by atoms with Gasteiger partial charge >= 0.3 is 6.18 Å². The molecule has 0 saturated carbocycles. The van der Waals surface area contributed by atoms with E-state index in [1.807, 2.05) is 59.2 Å². The van der Waals surface area contributed by atoms with Crippen LogP contribution < -0.4 is 0 Å². The molecule has 0 saturated heterocycles. The minimum absolute atomic E-state index is 0.203. The number of nitrogens with zero attached hydrogens (tertiary/aromatic N) is 5. The van der Waals surface area contributed by atoms with Gasteiger partial charge in [0.15, 0.2) is 0 Å². The number of hydrogen-bond donors (Lipinski definition) is 0. The summed E-state index contributed by atoms with van der Waals surface area (Å²) in [4.78, 5) is 0. The quantitative estimate of drug-likeness (QED) is 0.177. The van der Waals surface area contributed by atoms with E-state index in [-0.39, 0.29) is 16.8 Å². The molecular weight excluding hydrogens is 876 g/mol. The lowest BCUT2D eigenvalue weighted by Crippen LogP contribution is -2.11. The number of alkyl halides is 3. The zero-order valence-electron chi connectivity index (χ0n) is 34.9. The number of para-hydroxylation sites is 3. The molecule has 0 aliphatic rings. The Balaban J connectivity index is 1.20. The molecular formula is C57H28F3N5S2. The maximum Gasteiger partial charge on any atom is 0.416 e. The van der Waals surface area contributed by atoms with E-state index in [4.69, 9.17) is 0 Å². The number of halogens is 3. The number of fused-ring (bicyclic) bond motifs is 15. The molecule has 0 aliphatic heterocycles. The van der Waals surface area contributed by atoms with Crippen molar-refractivity contribution in [3.05, 3.63) is 187 Å². The average Bonchev–Trinajstić information content (AvgIpc) is 4.15. The van der Waals surface area contributed by atoms with E-state index in [0.717, 1.165) is 69.9 Å². The van der Waals surface area contributed by atoms with Crippen molar-refractivity contribution in [2.45, 2.75) is 6.18 Å². The van der Waals surface area contributed by atoms with Crippen LogP contribution in [0.1, 0.15) is 16.7 Å². The lowest BCUT2D eigenvalue weighted by Gasteiger charge is -2.21. The van der Waals surface area contributed by atoms with Crippen molar-refractivity contribution >= 4 is 128 Å². The number of aromatic nitrogens is 3. The first-order valence-electron chi connectivity index (χ1n) is 21.6. The predicted octanol–water partition coefficient (Wildman–Crippen LogP) is 16.5. The molecule has 14 rings (SSSR count). The summed E-state index contributed by atoms with van der Waals surface area (Å²) >= 11 is 3.42. The SMILES string of the molecule is N#Cc1c(-n2c3ccccc3c3cc4c(cc32)sc2ccccc24)cc(-n2c3ccccc3c3cc4c(cc32)sc2ccccc24)c(C#N)c1-n1c2ccccc2c2cc(C(F)(F)F)ccc21. The van der Waals surface area contributed by atoms with Gasteiger partial charge in [-0.2, -0.15) is 23.7 Å². The van der Waals surface area contributed by atoms with Crippen LogP contribution in [0.5, 0.6) is 0 Å². The standard InChI is InChI=1S/C57H28F3N5S2/c58-57(59,60)31-21-22-47-37(23-31)32-11-3-8-18-46(32)65(47)56-42(29-61)48(63-44-16-6-1-12-33(44)38-24-40-35-14-4-9-19-52(35)66-54(40)27-50(38)63)26-49(43(56)30-62)64-45-17-7-2-13-34(45)39-25-41-36-15-5-10-20-53(36)67-55(41)28-51(39)64/h1-28H. The van der Waals surface area contributed by atoms with Crippen LogP contribution in [0.3, 0.4) is 0 Å². The second kappa shape index (κ2) is 13.6. The van der Waals surface area contributed by atoms with E-state index >= 15 is 0 Å². The van der Waals surface area contributed by atoms with Crippen LogP contribution in [0.2, 0.25) is 0 Å². The second-order valence-corrected chi connectivity index (χ2v) is 19.1. The zero-order valence-corrected chi connectivity index (χ0v) is 36.5. The second-order valence-electron chi connectivity index (χ2n) is 17.0. The van der Waals surface area contributed by atoms with Gasteiger partial charge in [0.25, 0.3) is 0 Å². The Morgan fingerprint density at radius 2 is 0.761 bits per heavy atom. The van der Waals surface area contributed by atoms with Gasteiger partial charge in [0.2, 0.25) is 0 Å². The van der Waals surface area contributed by atoms with Crippen LogP contribution in [-0.4, -0.2) is 13.7 Å². The predicted molar refractivity (Wildman–Crippen MR) is 270 cm³/mol. The molecule has 5 aromatic heterocycles. The van der Waals surface area contributed by atoms with Gasteiger partial charge in [-0.1, -0.05) is 91.0 Å². The molecule has 10 heteroatoms. The van der Waals surface area contributed by atoms with Crippen molar-refractivity contribution < 1.29 is 13.2 Å². The minimum Gasteiger partial charge on any atom is -0.308 e. The van der Waals surface area contributed by atoms with Crippen LogP contribution in [0.4, 0.5) is 13.2 Å².